The summed E-state index contributed by atoms with van der Waals surface area (Å²) in [6.45, 7) is 2.11. The van der Waals surface area contributed by atoms with Crippen LogP contribution in [0.5, 0.6) is 11.5 Å². The normalized spacial score (nSPS) is 16.7. The van der Waals surface area contributed by atoms with Crippen molar-refractivity contribution in [3.8, 4) is 11.5 Å². The van der Waals surface area contributed by atoms with Crippen LogP contribution in [0.25, 0.3) is 0 Å². The number of methoxy groups -OCH3 is 2. The summed E-state index contributed by atoms with van der Waals surface area (Å²) in [6, 6.07) is 3.99. The summed E-state index contributed by atoms with van der Waals surface area (Å²) in [5.74, 6) is 1.51. The maximum absolute atomic E-state index is 10.1. The molecule has 94 valence electrons. The summed E-state index contributed by atoms with van der Waals surface area (Å²) in [5, 5.41) is 10.1. The third-order valence-corrected chi connectivity index (χ3v) is 3.46. The van der Waals surface area contributed by atoms with Gasteiger partial charge in [0.15, 0.2) is 11.5 Å². The molecule has 1 aliphatic rings. The highest BCUT2D eigenvalue weighted by molar-refractivity contribution is 5.51. The van der Waals surface area contributed by atoms with Crippen LogP contribution in [0.4, 0.5) is 0 Å². The van der Waals surface area contributed by atoms with Crippen LogP contribution < -0.4 is 9.47 Å². The van der Waals surface area contributed by atoms with Crippen LogP contribution >= 0.6 is 0 Å². The Morgan fingerprint density at radius 3 is 2.41 bits per heavy atom. The van der Waals surface area contributed by atoms with E-state index in [2.05, 4.69) is 13.0 Å². The minimum atomic E-state index is -0.510. The molecule has 1 N–H and O–H groups in total. The molecule has 0 heterocycles. The molecule has 1 aromatic carbocycles. The lowest BCUT2D eigenvalue weighted by Crippen LogP contribution is -2.13. The van der Waals surface area contributed by atoms with Gasteiger partial charge in [-0.2, -0.15) is 0 Å². The molecule has 3 heteroatoms. The second-order valence-electron chi connectivity index (χ2n) is 4.69. The Hall–Kier alpha value is -1.22. The summed E-state index contributed by atoms with van der Waals surface area (Å²) in [4.78, 5) is 0. The monoisotopic (exact) mass is 236 g/mol. The molecule has 0 bridgehead atoms. The molecule has 2 rings (SSSR count). The molecule has 0 saturated heterocycles. The minimum absolute atomic E-state index is 0.510. The lowest BCUT2D eigenvalue weighted by Gasteiger charge is -2.18. The van der Waals surface area contributed by atoms with E-state index in [0.29, 0.717) is 6.42 Å². The predicted molar refractivity (Wildman–Crippen MR) is 66.8 cm³/mol. The van der Waals surface area contributed by atoms with Gasteiger partial charge >= 0.3 is 0 Å². The van der Waals surface area contributed by atoms with Crippen LogP contribution in [-0.2, 0) is 12.8 Å². The summed E-state index contributed by atoms with van der Waals surface area (Å²) in [6.07, 6.45) is 3.37. The smallest absolute Gasteiger partial charge is 0.164 e. The van der Waals surface area contributed by atoms with Crippen LogP contribution in [-0.4, -0.2) is 24.9 Å². The number of hydrogen-bond donors (Lipinski definition) is 1. The molecule has 17 heavy (non-hydrogen) atoms. The van der Waals surface area contributed by atoms with Crippen LogP contribution in [0, 0.1) is 0 Å². The van der Waals surface area contributed by atoms with E-state index in [-0.39, 0.29) is 0 Å². The van der Waals surface area contributed by atoms with Gasteiger partial charge in [0.25, 0.3) is 0 Å². The van der Waals surface area contributed by atoms with Gasteiger partial charge in [0.2, 0.25) is 0 Å². The highest BCUT2D eigenvalue weighted by Gasteiger charge is 2.41. The Bertz CT molecular complexity index is 408. The zero-order valence-electron chi connectivity index (χ0n) is 10.7. The highest BCUT2D eigenvalue weighted by atomic mass is 16.5. The first-order chi connectivity index (χ1) is 8.13. The van der Waals surface area contributed by atoms with E-state index in [4.69, 9.17) is 9.47 Å². The maximum Gasteiger partial charge on any atom is 0.164 e. The molecule has 1 aliphatic carbocycles. The second kappa shape index (κ2) is 4.57. The van der Waals surface area contributed by atoms with Gasteiger partial charge in [0.05, 0.1) is 19.8 Å². The summed E-state index contributed by atoms with van der Waals surface area (Å²) in [7, 11) is 3.29. The average molecular weight is 236 g/mol. The molecular formula is C14H20O3. The lowest BCUT2D eigenvalue weighted by atomic mass is 9.97. The zero-order chi connectivity index (χ0) is 12.5. The first-order valence-corrected chi connectivity index (χ1v) is 6.08. The Morgan fingerprint density at radius 1 is 1.24 bits per heavy atom. The third kappa shape index (κ3) is 2.39. The van der Waals surface area contributed by atoms with Crippen LogP contribution in [0.1, 0.15) is 30.9 Å². The van der Waals surface area contributed by atoms with E-state index in [1.165, 1.54) is 5.56 Å². The summed E-state index contributed by atoms with van der Waals surface area (Å²) >= 11 is 0. The fourth-order valence-electron chi connectivity index (χ4n) is 2.21. The quantitative estimate of drug-likeness (QED) is 0.852. The number of aliphatic hydroxyl groups is 1. The van der Waals surface area contributed by atoms with E-state index < -0.39 is 5.60 Å². The third-order valence-electron chi connectivity index (χ3n) is 3.46. The first kappa shape index (κ1) is 12.2. The van der Waals surface area contributed by atoms with E-state index in [1.807, 2.05) is 6.07 Å². The molecule has 1 aromatic rings. The molecule has 1 fully saturated rings. The molecule has 3 nitrogen and oxygen atoms in total. The number of benzene rings is 1. The van der Waals surface area contributed by atoms with Crippen molar-refractivity contribution in [3.63, 3.8) is 0 Å². The van der Waals surface area contributed by atoms with Crippen LogP contribution in [0.2, 0.25) is 0 Å². The number of hydrogen-bond acceptors (Lipinski definition) is 3. The molecule has 0 amide bonds. The van der Waals surface area contributed by atoms with Gasteiger partial charge in [-0.25, -0.2) is 0 Å². The van der Waals surface area contributed by atoms with Crippen molar-refractivity contribution in [2.24, 2.45) is 0 Å². The highest BCUT2D eigenvalue weighted by Crippen LogP contribution is 2.43. The zero-order valence-corrected chi connectivity index (χ0v) is 10.7. The van der Waals surface area contributed by atoms with Crippen molar-refractivity contribution >= 4 is 0 Å². The van der Waals surface area contributed by atoms with Crippen LogP contribution in [0.3, 0.4) is 0 Å². The average Bonchev–Trinajstić information content (AvgIpc) is 3.06. The van der Waals surface area contributed by atoms with Crippen molar-refractivity contribution in [2.45, 2.75) is 38.2 Å². The van der Waals surface area contributed by atoms with E-state index >= 15 is 0 Å². The van der Waals surface area contributed by atoms with E-state index in [1.54, 1.807) is 14.2 Å². The molecule has 0 unspecified atom stereocenters. The van der Waals surface area contributed by atoms with Gasteiger partial charge in [0.1, 0.15) is 0 Å². The molecule has 0 spiro atoms. The molecule has 0 aliphatic heterocycles. The fourth-order valence-corrected chi connectivity index (χ4v) is 2.21. The van der Waals surface area contributed by atoms with E-state index in [0.717, 1.165) is 36.3 Å². The molecular weight excluding hydrogens is 216 g/mol. The topological polar surface area (TPSA) is 38.7 Å². The van der Waals surface area contributed by atoms with Crippen LogP contribution in [0.15, 0.2) is 12.1 Å². The molecule has 0 atom stereocenters. The van der Waals surface area contributed by atoms with Gasteiger partial charge < -0.3 is 14.6 Å². The Kier molecular flexibility index (Phi) is 3.29. The molecule has 0 radical (unpaired) electrons. The van der Waals surface area contributed by atoms with Gasteiger partial charge in [-0.3, -0.25) is 0 Å². The van der Waals surface area contributed by atoms with Gasteiger partial charge in [-0.05, 0) is 30.9 Å². The SMILES string of the molecule is CCc1ccc(OC)c(OC)c1CC1(O)CC1. The van der Waals surface area contributed by atoms with Crippen molar-refractivity contribution in [1.82, 2.24) is 0 Å². The Morgan fingerprint density at radius 2 is 1.94 bits per heavy atom. The standard InChI is InChI=1S/C14H20O3/c1-4-10-5-6-12(16-2)13(17-3)11(10)9-14(15)7-8-14/h5-6,15H,4,7-9H2,1-3H3. The van der Waals surface area contributed by atoms with Gasteiger partial charge in [0, 0.05) is 12.0 Å². The Balaban J connectivity index is 2.42. The first-order valence-electron chi connectivity index (χ1n) is 6.08. The second-order valence-corrected chi connectivity index (χ2v) is 4.69. The van der Waals surface area contributed by atoms with Gasteiger partial charge in [-0.1, -0.05) is 13.0 Å². The van der Waals surface area contributed by atoms with Crippen molar-refractivity contribution in [3.05, 3.63) is 23.3 Å². The minimum Gasteiger partial charge on any atom is -0.493 e. The number of rotatable bonds is 5. The van der Waals surface area contributed by atoms with E-state index in [9.17, 15) is 5.11 Å². The number of aryl methyl sites for hydroxylation is 1. The van der Waals surface area contributed by atoms with Crippen molar-refractivity contribution in [2.75, 3.05) is 14.2 Å². The van der Waals surface area contributed by atoms with Gasteiger partial charge in [-0.15, -0.1) is 0 Å². The van der Waals surface area contributed by atoms with Crippen molar-refractivity contribution < 1.29 is 14.6 Å². The number of ether oxygens (including phenoxy) is 2. The summed E-state index contributed by atoms with van der Waals surface area (Å²) in [5.41, 5.74) is 1.81. The molecule has 0 aromatic heterocycles. The fraction of sp³-hybridized carbons (Fsp3) is 0.571. The lowest BCUT2D eigenvalue weighted by molar-refractivity contribution is 0.149. The summed E-state index contributed by atoms with van der Waals surface area (Å²) < 4.78 is 10.8. The largest absolute Gasteiger partial charge is 0.493 e. The van der Waals surface area contributed by atoms with Crippen molar-refractivity contribution in [1.29, 1.82) is 0 Å². The molecule has 1 saturated carbocycles. The maximum atomic E-state index is 10.1. The Labute approximate surface area is 102 Å². The predicted octanol–water partition coefficient (Wildman–Crippen LogP) is 2.33.